The fraction of sp³-hybridized carbons (Fsp3) is 0.333. The molecule has 0 radical (unpaired) electrons. The number of hydrogen-bond acceptors (Lipinski definition) is 5. The van der Waals surface area contributed by atoms with Crippen molar-refractivity contribution in [1.82, 2.24) is 9.62 Å². The van der Waals surface area contributed by atoms with Crippen LogP contribution in [0.3, 0.4) is 0 Å². The SMILES string of the molecule is CCC1C(=O)NC(=O)CN1S(=O)(=O)c1cccc(F)c1N. The number of anilines is 1. The maximum atomic E-state index is 13.5. The third-order valence-corrected chi connectivity index (χ3v) is 5.11. The Kier molecular flexibility index (Phi) is 3.97. The lowest BCUT2D eigenvalue weighted by Gasteiger charge is -2.32. The first kappa shape index (κ1) is 15.4. The summed E-state index contributed by atoms with van der Waals surface area (Å²) in [6.07, 6.45) is 0.174. The van der Waals surface area contributed by atoms with E-state index in [9.17, 15) is 22.4 Å². The number of para-hydroxylation sites is 1. The van der Waals surface area contributed by atoms with Crippen molar-refractivity contribution in [3.63, 3.8) is 0 Å². The van der Waals surface area contributed by atoms with Gasteiger partial charge in [-0.05, 0) is 18.6 Å². The maximum absolute atomic E-state index is 13.5. The highest BCUT2D eigenvalue weighted by atomic mass is 32.2. The number of nitrogen functional groups attached to an aromatic ring is 1. The average molecular weight is 315 g/mol. The molecule has 1 aromatic carbocycles. The number of halogens is 1. The summed E-state index contributed by atoms with van der Waals surface area (Å²) in [4.78, 5) is 22.7. The first-order chi connectivity index (χ1) is 9.78. The van der Waals surface area contributed by atoms with Crippen LogP contribution in [0.5, 0.6) is 0 Å². The molecular formula is C12H14FN3O4S. The molecule has 2 rings (SSSR count). The molecule has 2 amide bonds. The molecule has 114 valence electrons. The quantitative estimate of drug-likeness (QED) is 0.594. The number of nitrogens with zero attached hydrogens (tertiary/aromatic N) is 1. The molecule has 21 heavy (non-hydrogen) atoms. The third kappa shape index (κ3) is 2.61. The van der Waals surface area contributed by atoms with E-state index in [0.29, 0.717) is 0 Å². The molecule has 1 aromatic rings. The summed E-state index contributed by atoms with van der Waals surface area (Å²) in [6.45, 7) is 1.10. The van der Waals surface area contributed by atoms with Crippen molar-refractivity contribution < 1.29 is 22.4 Å². The van der Waals surface area contributed by atoms with Gasteiger partial charge in [-0.3, -0.25) is 14.9 Å². The normalized spacial score (nSPS) is 20.4. The van der Waals surface area contributed by atoms with Crippen molar-refractivity contribution >= 4 is 27.5 Å². The number of sulfonamides is 1. The molecule has 0 bridgehead atoms. The lowest BCUT2D eigenvalue weighted by atomic mass is 10.2. The Bertz CT molecular complexity index is 704. The predicted octanol–water partition coefficient (Wildman–Crippen LogP) is -0.166. The zero-order valence-electron chi connectivity index (χ0n) is 11.2. The number of nitrogens with one attached hydrogen (secondary N) is 1. The van der Waals surface area contributed by atoms with E-state index in [-0.39, 0.29) is 6.42 Å². The monoisotopic (exact) mass is 315 g/mol. The predicted molar refractivity (Wildman–Crippen MR) is 71.9 cm³/mol. The summed E-state index contributed by atoms with van der Waals surface area (Å²) in [5.41, 5.74) is 4.93. The topological polar surface area (TPSA) is 110 Å². The highest BCUT2D eigenvalue weighted by Gasteiger charge is 2.41. The average Bonchev–Trinajstić information content (AvgIpc) is 2.41. The van der Waals surface area contributed by atoms with Crippen molar-refractivity contribution in [1.29, 1.82) is 0 Å². The molecule has 0 spiro atoms. The second-order valence-electron chi connectivity index (χ2n) is 4.54. The van der Waals surface area contributed by atoms with Gasteiger partial charge in [-0.25, -0.2) is 12.8 Å². The Balaban J connectivity index is 2.53. The van der Waals surface area contributed by atoms with Crippen LogP contribution in [-0.4, -0.2) is 37.1 Å². The van der Waals surface area contributed by atoms with Crippen molar-refractivity contribution in [3.05, 3.63) is 24.0 Å². The van der Waals surface area contributed by atoms with Crippen LogP contribution in [-0.2, 0) is 19.6 Å². The summed E-state index contributed by atoms with van der Waals surface area (Å²) < 4.78 is 39.3. The molecule has 3 N–H and O–H groups in total. The van der Waals surface area contributed by atoms with Crippen LogP contribution in [0.4, 0.5) is 10.1 Å². The Morgan fingerprint density at radius 2 is 2.10 bits per heavy atom. The lowest BCUT2D eigenvalue weighted by Crippen LogP contribution is -2.59. The van der Waals surface area contributed by atoms with Crippen LogP contribution in [0.1, 0.15) is 13.3 Å². The molecule has 0 saturated carbocycles. The Morgan fingerprint density at radius 3 is 2.71 bits per heavy atom. The van der Waals surface area contributed by atoms with Gasteiger partial charge in [0.2, 0.25) is 21.8 Å². The number of amides is 2. The number of imide groups is 1. The van der Waals surface area contributed by atoms with Crippen molar-refractivity contribution in [2.75, 3.05) is 12.3 Å². The molecule has 1 heterocycles. The zero-order valence-corrected chi connectivity index (χ0v) is 12.0. The Labute approximate surface area is 121 Å². The first-order valence-corrected chi connectivity index (χ1v) is 7.62. The van der Waals surface area contributed by atoms with Crippen LogP contribution in [0.2, 0.25) is 0 Å². The van der Waals surface area contributed by atoms with Crippen molar-refractivity contribution in [3.8, 4) is 0 Å². The van der Waals surface area contributed by atoms with E-state index < -0.39 is 50.8 Å². The van der Waals surface area contributed by atoms with E-state index in [2.05, 4.69) is 5.32 Å². The standard InChI is InChI=1S/C12H14FN3O4S/c1-2-8-12(18)15-10(17)6-16(8)21(19,20)9-5-3-4-7(13)11(9)14/h3-5,8H,2,6,14H2,1H3,(H,15,17,18). The van der Waals surface area contributed by atoms with Crippen LogP contribution in [0.25, 0.3) is 0 Å². The van der Waals surface area contributed by atoms with Gasteiger partial charge >= 0.3 is 0 Å². The van der Waals surface area contributed by atoms with Gasteiger partial charge in [-0.15, -0.1) is 0 Å². The van der Waals surface area contributed by atoms with Gasteiger partial charge in [0.05, 0.1) is 12.2 Å². The van der Waals surface area contributed by atoms with Gasteiger partial charge < -0.3 is 5.73 Å². The van der Waals surface area contributed by atoms with Crippen LogP contribution in [0.15, 0.2) is 23.1 Å². The van der Waals surface area contributed by atoms with Crippen molar-refractivity contribution in [2.45, 2.75) is 24.3 Å². The molecule has 1 aliphatic rings. The molecule has 9 heteroatoms. The molecule has 1 unspecified atom stereocenters. The number of benzene rings is 1. The molecule has 7 nitrogen and oxygen atoms in total. The minimum Gasteiger partial charge on any atom is -0.395 e. The molecule has 1 fully saturated rings. The third-order valence-electron chi connectivity index (χ3n) is 3.20. The maximum Gasteiger partial charge on any atom is 0.246 e. The van der Waals surface area contributed by atoms with E-state index in [1.807, 2.05) is 0 Å². The van der Waals surface area contributed by atoms with Gasteiger partial charge in [0.15, 0.2) is 0 Å². The van der Waals surface area contributed by atoms with Gasteiger partial charge in [-0.1, -0.05) is 13.0 Å². The summed E-state index contributed by atoms with van der Waals surface area (Å²) in [5.74, 6) is -2.31. The Hall–Kier alpha value is -2.00. The number of piperazine rings is 1. The number of carbonyl (C=O) groups is 2. The first-order valence-electron chi connectivity index (χ1n) is 6.18. The van der Waals surface area contributed by atoms with E-state index in [0.717, 1.165) is 16.4 Å². The van der Waals surface area contributed by atoms with Crippen LogP contribution < -0.4 is 11.1 Å². The second kappa shape index (κ2) is 5.41. The van der Waals surface area contributed by atoms with Crippen LogP contribution in [0, 0.1) is 5.82 Å². The van der Waals surface area contributed by atoms with E-state index in [1.165, 1.54) is 6.07 Å². The minimum atomic E-state index is -4.26. The molecule has 1 aliphatic heterocycles. The molecule has 0 aromatic heterocycles. The van der Waals surface area contributed by atoms with E-state index in [4.69, 9.17) is 5.73 Å². The number of hydrogen-bond donors (Lipinski definition) is 2. The fourth-order valence-electron chi connectivity index (χ4n) is 2.15. The Morgan fingerprint density at radius 1 is 1.43 bits per heavy atom. The number of nitrogens with two attached hydrogens (primary N) is 1. The second-order valence-corrected chi connectivity index (χ2v) is 6.40. The summed E-state index contributed by atoms with van der Waals surface area (Å²) >= 11 is 0. The van der Waals surface area contributed by atoms with Gasteiger partial charge in [0.25, 0.3) is 0 Å². The largest absolute Gasteiger partial charge is 0.395 e. The zero-order chi connectivity index (χ0) is 15.8. The highest BCUT2D eigenvalue weighted by molar-refractivity contribution is 7.89. The smallest absolute Gasteiger partial charge is 0.246 e. The van der Waals surface area contributed by atoms with Gasteiger partial charge in [0, 0.05) is 0 Å². The minimum absolute atomic E-state index is 0.174. The fourth-order valence-corrected chi connectivity index (χ4v) is 3.90. The molecule has 1 saturated heterocycles. The van der Waals surface area contributed by atoms with Gasteiger partial charge in [-0.2, -0.15) is 4.31 Å². The van der Waals surface area contributed by atoms with E-state index >= 15 is 0 Å². The van der Waals surface area contributed by atoms with E-state index in [1.54, 1.807) is 6.92 Å². The van der Waals surface area contributed by atoms with Crippen LogP contribution >= 0.6 is 0 Å². The lowest BCUT2D eigenvalue weighted by molar-refractivity contribution is -0.137. The summed E-state index contributed by atoms with van der Waals surface area (Å²) in [6, 6.07) is 2.33. The number of carbonyl (C=O) groups excluding carboxylic acids is 2. The van der Waals surface area contributed by atoms with Crippen molar-refractivity contribution in [2.24, 2.45) is 0 Å². The molecular weight excluding hydrogens is 301 g/mol. The summed E-state index contributed by atoms with van der Waals surface area (Å²) in [5, 5.41) is 2.07. The molecule has 1 atom stereocenters. The number of rotatable bonds is 3. The molecule has 0 aliphatic carbocycles. The highest BCUT2D eigenvalue weighted by Crippen LogP contribution is 2.27. The van der Waals surface area contributed by atoms with Gasteiger partial charge in [0.1, 0.15) is 16.8 Å². The summed E-state index contributed by atoms with van der Waals surface area (Å²) in [7, 11) is -4.26.